The lowest BCUT2D eigenvalue weighted by Crippen LogP contribution is -2.12. The van der Waals surface area contributed by atoms with Gasteiger partial charge in [-0.05, 0) is 50.3 Å². The van der Waals surface area contributed by atoms with Crippen molar-refractivity contribution in [1.29, 1.82) is 0 Å². The van der Waals surface area contributed by atoms with E-state index in [4.69, 9.17) is 4.74 Å². The lowest BCUT2D eigenvalue weighted by Gasteiger charge is -2.13. The monoisotopic (exact) mass is 219 g/mol. The van der Waals surface area contributed by atoms with Gasteiger partial charge in [0.15, 0.2) is 0 Å². The molecule has 0 aromatic heterocycles. The molecule has 1 aromatic rings. The second kappa shape index (κ2) is 5.35. The molecule has 1 saturated heterocycles. The molecule has 0 saturated carbocycles. The Balaban J connectivity index is 1.82. The first-order valence-corrected chi connectivity index (χ1v) is 6.18. The standard InChI is InChI=1S/C14H21NO/c1-11-5-6-12(2)14(10-11)15-8-7-13-4-3-9-16-13/h5-6,10,13,15H,3-4,7-9H2,1-2H3. The summed E-state index contributed by atoms with van der Waals surface area (Å²) >= 11 is 0. The minimum absolute atomic E-state index is 0.484. The van der Waals surface area contributed by atoms with Crippen LogP contribution < -0.4 is 5.32 Å². The van der Waals surface area contributed by atoms with Gasteiger partial charge in [0, 0.05) is 18.8 Å². The predicted octanol–water partition coefficient (Wildman–Crippen LogP) is 3.28. The van der Waals surface area contributed by atoms with Crippen molar-refractivity contribution in [2.24, 2.45) is 0 Å². The molecule has 2 heteroatoms. The molecule has 0 aliphatic carbocycles. The highest BCUT2D eigenvalue weighted by Crippen LogP contribution is 2.18. The van der Waals surface area contributed by atoms with Crippen LogP contribution in [0.1, 0.15) is 30.4 Å². The summed E-state index contributed by atoms with van der Waals surface area (Å²) in [6.45, 7) is 6.24. The summed E-state index contributed by atoms with van der Waals surface area (Å²) in [5.74, 6) is 0. The second-order valence-corrected chi connectivity index (χ2v) is 4.67. The summed E-state index contributed by atoms with van der Waals surface area (Å²) in [5, 5.41) is 3.50. The van der Waals surface area contributed by atoms with Gasteiger partial charge in [-0.1, -0.05) is 12.1 Å². The lowest BCUT2D eigenvalue weighted by molar-refractivity contribution is 0.107. The van der Waals surface area contributed by atoms with Gasteiger partial charge in [-0.2, -0.15) is 0 Å². The number of rotatable bonds is 4. The number of ether oxygens (including phenoxy) is 1. The van der Waals surface area contributed by atoms with Crippen molar-refractivity contribution in [3.63, 3.8) is 0 Å². The fourth-order valence-electron chi connectivity index (χ4n) is 2.17. The maximum Gasteiger partial charge on any atom is 0.0592 e. The van der Waals surface area contributed by atoms with Gasteiger partial charge < -0.3 is 10.1 Å². The molecule has 1 fully saturated rings. The van der Waals surface area contributed by atoms with Crippen molar-refractivity contribution in [3.05, 3.63) is 29.3 Å². The van der Waals surface area contributed by atoms with Crippen molar-refractivity contribution in [3.8, 4) is 0 Å². The normalized spacial score (nSPS) is 20.0. The first-order valence-electron chi connectivity index (χ1n) is 6.18. The largest absolute Gasteiger partial charge is 0.385 e. The summed E-state index contributed by atoms with van der Waals surface area (Å²) in [6, 6.07) is 6.54. The zero-order chi connectivity index (χ0) is 11.4. The van der Waals surface area contributed by atoms with Gasteiger partial charge >= 0.3 is 0 Å². The van der Waals surface area contributed by atoms with E-state index in [2.05, 4.69) is 37.4 Å². The van der Waals surface area contributed by atoms with Crippen LogP contribution in [0.3, 0.4) is 0 Å². The van der Waals surface area contributed by atoms with E-state index in [0.29, 0.717) is 6.10 Å². The third-order valence-corrected chi connectivity index (χ3v) is 3.20. The zero-order valence-electron chi connectivity index (χ0n) is 10.3. The molecule has 1 N–H and O–H groups in total. The second-order valence-electron chi connectivity index (χ2n) is 4.67. The third-order valence-electron chi connectivity index (χ3n) is 3.20. The Morgan fingerprint density at radius 3 is 3.00 bits per heavy atom. The zero-order valence-corrected chi connectivity index (χ0v) is 10.3. The number of hydrogen-bond donors (Lipinski definition) is 1. The molecule has 1 aliphatic heterocycles. The Morgan fingerprint density at radius 2 is 2.25 bits per heavy atom. The van der Waals surface area contributed by atoms with E-state index in [9.17, 15) is 0 Å². The van der Waals surface area contributed by atoms with Crippen molar-refractivity contribution < 1.29 is 4.74 Å². The number of aryl methyl sites for hydroxylation is 2. The smallest absolute Gasteiger partial charge is 0.0592 e. The van der Waals surface area contributed by atoms with Gasteiger partial charge in [-0.3, -0.25) is 0 Å². The van der Waals surface area contributed by atoms with Gasteiger partial charge in [0.25, 0.3) is 0 Å². The van der Waals surface area contributed by atoms with Crippen LogP contribution in [0.5, 0.6) is 0 Å². The first-order chi connectivity index (χ1) is 7.75. The average molecular weight is 219 g/mol. The molecule has 2 rings (SSSR count). The van der Waals surface area contributed by atoms with Crippen LogP contribution in [0.25, 0.3) is 0 Å². The van der Waals surface area contributed by atoms with Crippen LogP contribution in [0, 0.1) is 13.8 Å². The van der Waals surface area contributed by atoms with Gasteiger partial charge in [-0.25, -0.2) is 0 Å². The number of hydrogen-bond acceptors (Lipinski definition) is 2. The fourth-order valence-corrected chi connectivity index (χ4v) is 2.17. The molecule has 0 spiro atoms. The average Bonchev–Trinajstić information content (AvgIpc) is 2.76. The van der Waals surface area contributed by atoms with Crippen LogP contribution in [-0.2, 0) is 4.74 Å². The molecular weight excluding hydrogens is 198 g/mol. The minimum Gasteiger partial charge on any atom is -0.385 e. The topological polar surface area (TPSA) is 21.3 Å². The molecule has 1 heterocycles. The van der Waals surface area contributed by atoms with Crippen molar-refractivity contribution in [2.45, 2.75) is 39.2 Å². The Labute approximate surface area is 98.0 Å². The Hall–Kier alpha value is -1.02. The highest BCUT2D eigenvalue weighted by atomic mass is 16.5. The van der Waals surface area contributed by atoms with Gasteiger partial charge in [0.2, 0.25) is 0 Å². The van der Waals surface area contributed by atoms with E-state index in [1.54, 1.807) is 0 Å². The summed E-state index contributed by atoms with van der Waals surface area (Å²) in [6.07, 6.45) is 4.06. The summed E-state index contributed by atoms with van der Waals surface area (Å²) in [4.78, 5) is 0. The maximum absolute atomic E-state index is 5.60. The van der Waals surface area contributed by atoms with E-state index in [1.165, 1.54) is 29.7 Å². The predicted molar refractivity (Wildman–Crippen MR) is 68.0 cm³/mol. The molecule has 1 atom stereocenters. The van der Waals surface area contributed by atoms with Crippen LogP contribution >= 0.6 is 0 Å². The quantitative estimate of drug-likeness (QED) is 0.839. The number of anilines is 1. The SMILES string of the molecule is Cc1ccc(C)c(NCCC2CCCO2)c1. The van der Waals surface area contributed by atoms with Crippen molar-refractivity contribution in [2.75, 3.05) is 18.5 Å². The Bertz CT molecular complexity index is 343. The highest BCUT2D eigenvalue weighted by Gasteiger charge is 2.14. The molecule has 0 amide bonds. The van der Waals surface area contributed by atoms with Gasteiger partial charge in [0.1, 0.15) is 0 Å². The van der Waals surface area contributed by atoms with E-state index >= 15 is 0 Å². The molecule has 0 radical (unpaired) electrons. The lowest BCUT2D eigenvalue weighted by atomic mass is 10.1. The van der Waals surface area contributed by atoms with Crippen LogP contribution in [-0.4, -0.2) is 19.3 Å². The summed E-state index contributed by atoms with van der Waals surface area (Å²) < 4.78 is 5.60. The Kier molecular flexibility index (Phi) is 3.83. The van der Waals surface area contributed by atoms with E-state index < -0.39 is 0 Å². The van der Waals surface area contributed by atoms with Crippen molar-refractivity contribution >= 4 is 5.69 Å². The van der Waals surface area contributed by atoms with Crippen molar-refractivity contribution in [1.82, 2.24) is 0 Å². The number of benzene rings is 1. The molecule has 1 aliphatic rings. The van der Waals surface area contributed by atoms with Crippen LogP contribution in [0.15, 0.2) is 18.2 Å². The first kappa shape index (κ1) is 11.5. The molecule has 16 heavy (non-hydrogen) atoms. The van der Waals surface area contributed by atoms with E-state index in [-0.39, 0.29) is 0 Å². The van der Waals surface area contributed by atoms with E-state index in [0.717, 1.165) is 19.6 Å². The minimum atomic E-state index is 0.484. The molecular formula is C14H21NO. The summed E-state index contributed by atoms with van der Waals surface area (Å²) in [5.41, 5.74) is 3.89. The number of nitrogens with one attached hydrogen (secondary N) is 1. The van der Waals surface area contributed by atoms with Crippen LogP contribution in [0.4, 0.5) is 5.69 Å². The van der Waals surface area contributed by atoms with Gasteiger partial charge in [-0.15, -0.1) is 0 Å². The summed E-state index contributed by atoms with van der Waals surface area (Å²) in [7, 11) is 0. The molecule has 0 bridgehead atoms. The molecule has 88 valence electrons. The van der Waals surface area contributed by atoms with E-state index in [1.807, 2.05) is 0 Å². The Morgan fingerprint density at radius 1 is 1.38 bits per heavy atom. The molecule has 1 unspecified atom stereocenters. The molecule has 1 aromatic carbocycles. The van der Waals surface area contributed by atoms with Gasteiger partial charge in [0.05, 0.1) is 6.10 Å². The third kappa shape index (κ3) is 2.99. The van der Waals surface area contributed by atoms with Crippen LogP contribution in [0.2, 0.25) is 0 Å². The fraction of sp³-hybridized carbons (Fsp3) is 0.571. The molecule has 2 nitrogen and oxygen atoms in total. The maximum atomic E-state index is 5.60. The highest BCUT2D eigenvalue weighted by molar-refractivity contribution is 5.52.